The van der Waals surface area contributed by atoms with Crippen LogP contribution in [-0.2, 0) is 9.47 Å². The zero-order valence-electron chi connectivity index (χ0n) is 8.86. The maximum atomic E-state index is 9.10. The molecule has 5 atom stereocenters. The Bertz CT molecular complexity index is 140. The third-order valence-corrected chi connectivity index (χ3v) is 3.40. The molecule has 3 heteroatoms. The minimum Gasteiger partial charge on any atom is -0.394 e. The molecule has 0 aromatic rings. The van der Waals surface area contributed by atoms with Gasteiger partial charge in [-0.1, -0.05) is 20.8 Å². The number of aliphatic hydroxyl groups excluding tert-OH is 1. The van der Waals surface area contributed by atoms with Gasteiger partial charge in [-0.25, -0.2) is 0 Å². The molecule has 2 unspecified atom stereocenters. The number of hydrogen-bond donors (Lipinski definition) is 1. The number of rotatable bonds is 2. The molecule has 0 amide bonds. The third-order valence-electron chi connectivity index (χ3n) is 3.40. The molecule has 0 radical (unpaired) electrons. The number of methoxy groups -OCH3 is 1. The highest BCUT2D eigenvalue weighted by atomic mass is 16.7. The smallest absolute Gasteiger partial charge is 0.160 e. The third kappa shape index (κ3) is 2.03. The van der Waals surface area contributed by atoms with Gasteiger partial charge in [-0.05, 0) is 11.8 Å². The van der Waals surface area contributed by atoms with Gasteiger partial charge in [-0.15, -0.1) is 0 Å². The van der Waals surface area contributed by atoms with Crippen LogP contribution in [0.2, 0.25) is 0 Å². The summed E-state index contributed by atoms with van der Waals surface area (Å²) < 4.78 is 10.8. The molecule has 0 aliphatic carbocycles. The van der Waals surface area contributed by atoms with Gasteiger partial charge in [0.1, 0.15) is 0 Å². The van der Waals surface area contributed by atoms with Crippen LogP contribution in [0.3, 0.4) is 0 Å². The van der Waals surface area contributed by atoms with E-state index in [-0.39, 0.29) is 19.0 Å². The van der Waals surface area contributed by atoms with Gasteiger partial charge >= 0.3 is 0 Å². The van der Waals surface area contributed by atoms with Crippen molar-refractivity contribution in [2.75, 3.05) is 13.7 Å². The molecule has 0 saturated carbocycles. The van der Waals surface area contributed by atoms with Crippen molar-refractivity contribution >= 4 is 0 Å². The van der Waals surface area contributed by atoms with Crippen molar-refractivity contribution in [1.29, 1.82) is 0 Å². The summed E-state index contributed by atoms with van der Waals surface area (Å²) in [7, 11) is 1.65. The molecule has 0 spiro atoms. The van der Waals surface area contributed by atoms with Crippen molar-refractivity contribution in [3.05, 3.63) is 0 Å². The van der Waals surface area contributed by atoms with E-state index < -0.39 is 0 Å². The summed E-state index contributed by atoms with van der Waals surface area (Å²) in [5.74, 6) is 1.31. The Labute approximate surface area is 80.0 Å². The van der Waals surface area contributed by atoms with E-state index in [2.05, 4.69) is 20.8 Å². The van der Waals surface area contributed by atoms with Crippen molar-refractivity contribution < 1.29 is 14.6 Å². The van der Waals surface area contributed by atoms with Gasteiger partial charge < -0.3 is 14.6 Å². The van der Waals surface area contributed by atoms with Crippen LogP contribution in [0.5, 0.6) is 0 Å². The Hall–Kier alpha value is -0.120. The highest BCUT2D eigenvalue weighted by Crippen LogP contribution is 2.34. The molecule has 1 rings (SSSR count). The summed E-state index contributed by atoms with van der Waals surface area (Å²) >= 11 is 0. The molecular weight excluding hydrogens is 168 g/mol. The van der Waals surface area contributed by atoms with Crippen LogP contribution in [0.1, 0.15) is 20.8 Å². The summed E-state index contributed by atoms with van der Waals surface area (Å²) in [5.41, 5.74) is 0. The molecule has 1 saturated heterocycles. The number of hydrogen-bond acceptors (Lipinski definition) is 3. The van der Waals surface area contributed by atoms with Crippen molar-refractivity contribution in [2.45, 2.75) is 33.2 Å². The summed E-state index contributed by atoms with van der Waals surface area (Å²) in [6.07, 6.45) is -0.237. The van der Waals surface area contributed by atoms with E-state index in [1.54, 1.807) is 7.11 Å². The predicted octanol–water partition coefficient (Wildman–Crippen LogP) is 1.26. The lowest BCUT2D eigenvalue weighted by atomic mass is 9.79. The topological polar surface area (TPSA) is 38.7 Å². The Morgan fingerprint density at radius 2 is 1.77 bits per heavy atom. The van der Waals surface area contributed by atoms with E-state index >= 15 is 0 Å². The zero-order chi connectivity index (χ0) is 10.0. The second kappa shape index (κ2) is 4.40. The first-order chi connectivity index (χ1) is 6.11. The van der Waals surface area contributed by atoms with Gasteiger partial charge in [0.2, 0.25) is 0 Å². The SMILES string of the molecule is CO[C@H]1OC(CO)[C@@H](C)[C@H](C)C1C. The van der Waals surface area contributed by atoms with E-state index in [1.807, 2.05) is 0 Å². The van der Waals surface area contributed by atoms with Gasteiger partial charge in [-0.2, -0.15) is 0 Å². The van der Waals surface area contributed by atoms with Crippen molar-refractivity contribution in [2.24, 2.45) is 17.8 Å². The van der Waals surface area contributed by atoms with Gasteiger partial charge in [0.05, 0.1) is 12.7 Å². The van der Waals surface area contributed by atoms with Crippen LogP contribution in [0.25, 0.3) is 0 Å². The van der Waals surface area contributed by atoms with Crippen LogP contribution in [0, 0.1) is 17.8 Å². The number of aliphatic hydroxyl groups is 1. The van der Waals surface area contributed by atoms with E-state index in [4.69, 9.17) is 14.6 Å². The Kier molecular flexibility index (Phi) is 3.71. The first-order valence-electron chi connectivity index (χ1n) is 4.91. The normalized spacial score (nSPS) is 46.4. The van der Waals surface area contributed by atoms with Gasteiger partial charge in [0.15, 0.2) is 6.29 Å². The monoisotopic (exact) mass is 188 g/mol. The quantitative estimate of drug-likeness (QED) is 0.709. The average Bonchev–Trinajstić information content (AvgIpc) is 2.15. The Morgan fingerprint density at radius 3 is 2.23 bits per heavy atom. The molecule has 3 nitrogen and oxygen atoms in total. The first kappa shape index (κ1) is 11.0. The maximum absolute atomic E-state index is 9.10. The molecule has 1 heterocycles. The van der Waals surface area contributed by atoms with Crippen LogP contribution in [-0.4, -0.2) is 31.2 Å². The lowest BCUT2D eigenvalue weighted by Gasteiger charge is -2.42. The molecule has 0 aromatic heterocycles. The largest absolute Gasteiger partial charge is 0.394 e. The van der Waals surface area contributed by atoms with Gasteiger partial charge in [0, 0.05) is 13.0 Å². The second-order valence-electron chi connectivity index (χ2n) is 4.04. The first-order valence-corrected chi connectivity index (χ1v) is 4.91. The van der Waals surface area contributed by atoms with Crippen LogP contribution in [0.4, 0.5) is 0 Å². The zero-order valence-corrected chi connectivity index (χ0v) is 8.86. The molecule has 1 fully saturated rings. The van der Waals surface area contributed by atoms with Crippen LogP contribution >= 0.6 is 0 Å². The molecule has 1 N–H and O–H groups in total. The Morgan fingerprint density at radius 1 is 1.15 bits per heavy atom. The highest BCUT2D eigenvalue weighted by molar-refractivity contribution is 4.82. The maximum Gasteiger partial charge on any atom is 0.160 e. The molecule has 1 aliphatic rings. The fourth-order valence-corrected chi connectivity index (χ4v) is 1.96. The summed E-state index contributed by atoms with van der Waals surface area (Å²) in [6.45, 7) is 6.52. The molecule has 13 heavy (non-hydrogen) atoms. The summed E-state index contributed by atoms with van der Waals surface area (Å²) in [6, 6.07) is 0. The lowest BCUT2D eigenvalue weighted by Crippen LogP contribution is -2.46. The molecule has 0 aromatic carbocycles. The van der Waals surface area contributed by atoms with Crippen molar-refractivity contribution in [3.8, 4) is 0 Å². The van der Waals surface area contributed by atoms with Gasteiger partial charge in [0.25, 0.3) is 0 Å². The fraction of sp³-hybridized carbons (Fsp3) is 1.00. The average molecular weight is 188 g/mol. The summed E-state index contributed by atoms with van der Waals surface area (Å²) in [4.78, 5) is 0. The van der Waals surface area contributed by atoms with Crippen molar-refractivity contribution in [1.82, 2.24) is 0 Å². The number of ether oxygens (including phenoxy) is 2. The molecule has 0 bridgehead atoms. The van der Waals surface area contributed by atoms with E-state index in [9.17, 15) is 0 Å². The fourth-order valence-electron chi connectivity index (χ4n) is 1.96. The molecule has 1 aliphatic heterocycles. The lowest BCUT2D eigenvalue weighted by molar-refractivity contribution is -0.244. The molecular formula is C10H20O3. The Balaban J connectivity index is 2.66. The van der Waals surface area contributed by atoms with Gasteiger partial charge in [-0.3, -0.25) is 0 Å². The summed E-state index contributed by atoms with van der Waals surface area (Å²) in [5, 5.41) is 9.10. The van der Waals surface area contributed by atoms with E-state index in [1.165, 1.54) is 0 Å². The minimum atomic E-state index is -0.164. The molecule has 78 valence electrons. The van der Waals surface area contributed by atoms with E-state index in [0.717, 1.165) is 0 Å². The highest BCUT2D eigenvalue weighted by Gasteiger charge is 2.38. The minimum absolute atomic E-state index is 0.0730. The van der Waals surface area contributed by atoms with Crippen LogP contribution < -0.4 is 0 Å². The second-order valence-corrected chi connectivity index (χ2v) is 4.04. The van der Waals surface area contributed by atoms with Crippen molar-refractivity contribution in [3.63, 3.8) is 0 Å². The van der Waals surface area contributed by atoms with Crippen LogP contribution in [0.15, 0.2) is 0 Å². The van der Waals surface area contributed by atoms with E-state index in [0.29, 0.717) is 17.8 Å². The standard InChI is InChI=1S/C10H20O3/c1-6-7(2)9(5-11)13-10(12-4)8(6)3/h6-11H,5H2,1-4H3/t6-,7-,8?,9?,10-/m0/s1. The predicted molar refractivity (Wildman–Crippen MR) is 50.2 cm³/mol.